The van der Waals surface area contributed by atoms with E-state index >= 15 is 0 Å². The van der Waals surface area contributed by atoms with Gasteiger partial charge in [-0.15, -0.1) is 0 Å². The second-order valence-electron chi connectivity index (χ2n) is 4.62. The monoisotopic (exact) mass is 223 g/mol. The number of nitrogens with one attached hydrogen (secondary N) is 1. The van der Waals surface area contributed by atoms with E-state index in [1.165, 1.54) is 0 Å². The van der Waals surface area contributed by atoms with Gasteiger partial charge in [0.2, 0.25) is 5.91 Å². The quantitative estimate of drug-likeness (QED) is 0.656. The van der Waals surface area contributed by atoms with Crippen LogP contribution in [0.15, 0.2) is 12.2 Å². The van der Waals surface area contributed by atoms with E-state index in [1.807, 2.05) is 0 Å². The van der Waals surface area contributed by atoms with Crippen LogP contribution in [0, 0.1) is 11.8 Å². The molecule has 5 heteroatoms. The number of rotatable bonds is 3. The van der Waals surface area contributed by atoms with Gasteiger partial charge in [0, 0.05) is 6.04 Å². The summed E-state index contributed by atoms with van der Waals surface area (Å²) in [4.78, 5) is 23.0. The van der Waals surface area contributed by atoms with Crippen molar-refractivity contribution < 1.29 is 19.4 Å². The molecule has 16 heavy (non-hydrogen) atoms. The molecule has 0 aromatic rings. The van der Waals surface area contributed by atoms with Crippen molar-refractivity contribution in [2.24, 2.45) is 11.8 Å². The van der Waals surface area contributed by atoms with Crippen molar-refractivity contribution in [1.29, 1.82) is 0 Å². The lowest BCUT2D eigenvalue weighted by Gasteiger charge is -2.20. The average molecular weight is 223 g/mol. The summed E-state index contributed by atoms with van der Waals surface area (Å²) < 4.78 is 5.43. The van der Waals surface area contributed by atoms with Crippen LogP contribution in [0.5, 0.6) is 0 Å². The van der Waals surface area contributed by atoms with Crippen LogP contribution in [0.25, 0.3) is 0 Å². The van der Waals surface area contributed by atoms with Crippen molar-refractivity contribution in [2.75, 3.05) is 0 Å². The number of aliphatic carboxylic acids is 1. The second kappa shape index (κ2) is 3.31. The van der Waals surface area contributed by atoms with Crippen LogP contribution in [-0.2, 0) is 14.3 Å². The topological polar surface area (TPSA) is 75.6 Å². The van der Waals surface area contributed by atoms with Gasteiger partial charge in [-0.05, 0) is 12.8 Å². The fourth-order valence-electron chi connectivity index (χ4n) is 2.44. The first-order chi connectivity index (χ1) is 7.66. The van der Waals surface area contributed by atoms with Crippen molar-refractivity contribution in [1.82, 2.24) is 5.32 Å². The molecule has 2 heterocycles. The maximum atomic E-state index is 11.9. The lowest BCUT2D eigenvalue weighted by molar-refractivity contribution is -0.146. The normalized spacial score (nSPS) is 40.0. The van der Waals surface area contributed by atoms with E-state index in [1.54, 1.807) is 12.2 Å². The minimum Gasteiger partial charge on any atom is -0.481 e. The highest BCUT2D eigenvalue weighted by molar-refractivity contribution is 5.87. The van der Waals surface area contributed by atoms with Gasteiger partial charge >= 0.3 is 5.97 Å². The van der Waals surface area contributed by atoms with Crippen molar-refractivity contribution in [3.05, 3.63) is 12.2 Å². The molecule has 1 amide bonds. The van der Waals surface area contributed by atoms with Crippen molar-refractivity contribution in [2.45, 2.75) is 31.1 Å². The first kappa shape index (κ1) is 9.84. The number of carboxylic acid groups (broad SMARTS) is 1. The fourth-order valence-corrected chi connectivity index (χ4v) is 2.44. The van der Waals surface area contributed by atoms with Crippen LogP contribution in [-0.4, -0.2) is 35.2 Å². The third-order valence-electron chi connectivity index (χ3n) is 3.41. The van der Waals surface area contributed by atoms with E-state index < -0.39 is 23.9 Å². The van der Waals surface area contributed by atoms with Gasteiger partial charge in [0.05, 0.1) is 18.1 Å². The molecule has 5 nitrogen and oxygen atoms in total. The maximum absolute atomic E-state index is 11.9. The summed E-state index contributed by atoms with van der Waals surface area (Å²) in [5.74, 6) is -2.42. The molecule has 2 aliphatic heterocycles. The van der Waals surface area contributed by atoms with Gasteiger partial charge in [-0.3, -0.25) is 9.59 Å². The summed E-state index contributed by atoms with van der Waals surface area (Å²) >= 11 is 0. The van der Waals surface area contributed by atoms with Gasteiger partial charge in [0.25, 0.3) is 0 Å². The second-order valence-corrected chi connectivity index (χ2v) is 4.62. The van der Waals surface area contributed by atoms with E-state index in [-0.39, 0.29) is 18.1 Å². The van der Waals surface area contributed by atoms with E-state index in [2.05, 4.69) is 5.32 Å². The highest BCUT2D eigenvalue weighted by atomic mass is 16.5. The van der Waals surface area contributed by atoms with Crippen LogP contribution < -0.4 is 5.32 Å². The van der Waals surface area contributed by atoms with Gasteiger partial charge < -0.3 is 15.2 Å². The predicted molar refractivity (Wildman–Crippen MR) is 53.6 cm³/mol. The molecule has 0 aromatic carbocycles. The lowest BCUT2D eigenvalue weighted by Crippen LogP contribution is -2.43. The summed E-state index contributed by atoms with van der Waals surface area (Å²) in [7, 11) is 0. The van der Waals surface area contributed by atoms with Gasteiger partial charge in [0.15, 0.2) is 0 Å². The Balaban J connectivity index is 1.78. The zero-order valence-corrected chi connectivity index (χ0v) is 8.63. The molecular weight excluding hydrogens is 210 g/mol. The summed E-state index contributed by atoms with van der Waals surface area (Å²) in [5, 5.41) is 12.0. The molecule has 86 valence electrons. The molecule has 2 bridgehead atoms. The largest absolute Gasteiger partial charge is 0.481 e. The zero-order chi connectivity index (χ0) is 11.3. The minimum atomic E-state index is -0.951. The number of fused-ring (bicyclic) bond motifs is 2. The third kappa shape index (κ3) is 1.43. The standard InChI is InChI=1S/C11H13NO4/c13-10(12-5-1-2-5)8-6-3-4-7(16-6)9(8)11(14)15/h3-9H,1-2H2,(H,12,13)(H,14,15). The number of amides is 1. The van der Waals surface area contributed by atoms with Gasteiger partial charge in [-0.25, -0.2) is 0 Å². The average Bonchev–Trinajstić information content (AvgIpc) is 2.81. The Kier molecular flexibility index (Phi) is 2.04. The summed E-state index contributed by atoms with van der Waals surface area (Å²) in [5.41, 5.74) is 0. The third-order valence-corrected chi connectivity index (χ3v) is 3.41. The Hall–Kier alpha value is -1.36. The van der Waals surface area contributed by atoms with E-state index in [9.17, 15) is 9.59 Å². The van der Waals surface area contributed by atoms with E-state index in [0.717, 1.165) is 12.8 Å². The van der Waals surface area contributed by atoms with Gasteiger partial charge in [-0.2, -0.15) is 0 Å². The van der Waals surface area contributed by atoms with E-state index in [0.29, 0.717) is 0 Å². The number of carbonyl (C=O) groups is 2. The molecule has 0 radical (unpaired) electrons. The van der Waals surface area contributed by atoms with Crippen LogP contribution in [0.2, 0.25) is 0 Å². The number of hydrogen-bond acceptors (Lipinski definition) is 3. The molecule has 1 saturated carbocycles. The van der Waals surface area contributed by atoms with Gasteiger partial charge in [0.1, 0.15) is 5.92 Å². The van der Waals surface area contributed by atoms with Crippen LogP contribution in [0.3, 0.4) is 0 Å². The van der Waals surface area contributed by atoms with Crippen LogP contribution in [0.1, 0.15) is 12.8 Å². The zero-order valence-electron chi connectivity index (χ0n) is 8.63. The Morgan fingerprint density at radius 1 is 1.19 bits per heavy atom. The van der Waals surface area contributed by atoms with Crippen molar-refractivity contribution in [3.63, 3.8) is 0 Å². The maximum Gasteiger partial charge on any atom is 0.310 e. The Morgan fingerprint density at radius 2 is 1.81 bits per heavy atom. The van der Waals surface area contributed by atoms with Crippen molar-refractivity contribution >= 4 is 11.9 Å². The number of ether oxygens (including phenoxy) is 1. The Morgan fingerprint density at radius 3 is 2.38 bits per heavy atom. The minimum absolute atomic E-state index is 0.174. The lowest BCUT2D eigenvalue weighted by atomic mass is 9.82. The fraction of sp³-hybridized carbons (Fsp3) is 0.636. The van der Waals surface area contributed by atoms with E-state index in [4.69, 9.17) is 9.84 Å². The SMILES string of the molecule is O=C(O)C1C2C=CC(O2)C1C(=O)NC1CC1. The first-order valence-electron chi connectivity index (χ1n) is 5.54. The van der Waals surface area contributed by atoms with Crippen LogP contribution in [0.4, 0.5) is 0 Å². The predicted octanol–water partition coefficient (Wildman–Crippen LogP) is -0.0808. The molecule has 1 saturated heterocycles. The molecule has 3 rings (SSSR count). The van der Waals surface area contributed by atoms with Crippen molar-refractivity contribution in [3.8, 4) is 0 Å². The molecule has 4 atom stereocenters. The molecule has 0 spiro atoms. The molecule has 4 unspecified atom stereocenters. The molecule has 3 aliphatic rings. The van der Waals surface area contributed by atoms with Crippen LogP contribution >= 0.6 is 0 Å². The molecular formula is C11H13NO4. The highest BCUT2D eigenvalue weighted by Crippen LogP contribution is 2.39. The highest BCUT2D eigenvalue weighted by Gasteiger charge is 2.53. The smallest absolute Gasteiger partial charge is 0.310 e. The number of carboxylic acids is 1. The molecule has 2 fully saturated rings. The first-order valence-corrected chi connectivity index (χ1v) is 5.54. The summed E-state index contributed by atoms with van der Waals surface area (Å²) in [6.07, 6.45) is 4.75. The Labute approximate surface area is 92.5 Å². The molecule has 1 aliphatic carbocycles. The van der Waals surface area contributed by atoms with Gasteiger partial charge in [-0.1, -0.05) is 12.2 Å². The molecule has 0 aromatic heterocycles. The summed E-state index contributed by atoms with van der Waals surface area (Å²) in [6, 6.07) is 0.255. The summed E-state index contributed by atoms with van der Waals surface area (Å²) in [6.45, 7) is 0. The Bertz CT molecular complexity index is 374. The number of hydrogen-bond donors (Lipinski definition) is 2. The molecule has 2 N–H and O–H groups in total. The number of carbonyl (C=O) groups excluding carboxylic acids is 1.